The highest BCUT2D eigenvalue weighted by Gasteiger charge is 2.24. The molecule has 0 saturated heterocycles. The molecule has 0 aromatic heterocycles. The normalized spacial score (nSPS) is 12.7. The van der Waals surface area contributed by atoms with Crippen LogP contribution in [0.1, 0.15) is 121 Å². The number of anilines is 3. The Balaban J connectivity index is 1.86. The molecule has 296 valence electrons. The van der Waals surface area contributed by atoms with Crippen molar-refractivity contribution < 1.29 is 13.0 Å². The molecule has 0 fully saturated rings. The lowest BCUT2D eigenvalue weighted by Gasteiger charge is -2.29. The fourth-order valence-electron chi connectivity index (χ4n) is 7.33. The number of rotatable bonds is 23. The summed E-state index contributed by atoms with van der Waals surface area (Å²) in [6.07, 6.45) is 14.6. The number of nitrogens with one attached hydrogen (secondary N) is 1. The molecule has 2 N–H and O–H groups in total. The highest BCUT2D eigenvalue weighted by molar-refractivity contribution is 7.90. The average molecular weight is 764 g/mol. The van der Waals surface area contributed by atoms with Gasteiger partial charge in [-0.2, -0.15) is 8.42 Å². The van der Waals surface area contributed by atoms with Crippen molar-refractivity contribution in [1.82, 2.24) is 0 Å². The van der Waals surface area contributed by atoms with Crippen LogP contribution in [-0.4, -0.2) is 39.1 Å². The predicted octanol–water partition coefficient (Wildman–Crippen LogP) is 12.7. The molecule has 55 heavy (non-hydrogen) atoms. The first-order valence-corrected chi connectivity index (χ1v) is 22.1. The van der Waals surface area contributed by atoms with E-state index in [0.29, 0.717) is 5.70 Å². The summed E-state index contributed by atoms with van der Waals surface area (Å²) in [5.41, 5.74) is 9.13. The zero-order valence-corrected chi connectivity index (χ0v) is 35.1. The Kier molecular flexibility index (Phi) is 17.1. The second kappa shape index (κ2) is 21.7. The quantitative estimate of drug-likeness (QED) is 0.0445. The van der Waals surface area contributed by atoms with Crippen LogP contribution in [0.25, 0.3) is 10.8 Å². The van der Waals surface area contributed by atoms with Crippen LogP contribution < -0.4 is 15.1 Å². The molecule has 4 aromatic rings. The van der Waals surface area contributed by atoms with Gasteiger partial charge in [-0.25, -0.2) is 0 Å². The molecular weight excluding hydrogens is 699 g/mol. The third-order valence-electron chi connectivity index (χ3n) is 10.5. The summed E-state index contributed by atoms with van der Waals surface area (Å²) in [4.78, 5) is 4.94. The number of unbranched alkanes of at least 4 members (excludes halogenated alkanes) is 4. The molecule has 0 radical (unpaired) electrons. The van der Waals surface area contributed by atoms with Crippen LogP contribution in [0.4, 0.5) is 17.1 Å². The van der Waals surface area contributed by atoms with Gasteiger partial charge in [0.15, 0.2) is 0 Å². The first-order valence-electron chi connectivity index (χ1n) is 20.6. The summed E-state index contributed by atoms with van der Waals surface area (Å²) < 4.78 is 33.0. The Bertz CT molecular complexity index is 1980. The zero-order valence-electron chi connectivity index (χ0n) is 34.3. The van der Waals surface area contributed by atoms with Gasteiger partial charge in [0.05, 0.1) is 4.91 Å². The Morgan fingerprint density at radius 3 is 1.76 bits per heavy atom. The fraction of sp³-hybridized carbons (Fsp3) is 0.417. The summed E-state index contributed by atoms with van der Waals surface area (Å²) in [7, 11) is -4.32. The molecule has 7 heteroatoms. The van der Waals surface area contributed by atoms with E-state index in [1.165, 1.54) is 97.1 Å². The van der Waals surface area contributed by atoms with E-state index in [4.69, 9.17) is 0 Å². The SMILES string of the molecule is C=C(/C=C\C(=C/C)S(=O)(=O)O)Nc1ccc(C(c2ccc(N(CCCC)CCCC)cc2)c2ccc(N(CCCC)CCCC)cc2CC)c2ccccc12. The van der Waals surface area contributed by atoms with E-state index in [1.807, 2.05) is 6.07 Å². The van der Waals surface area contributed by atoms with Crippen LogP contribution in [0, 0.1) is 0 Å². The average Bonchev–Trinajstić information content (AvgIpc) is 3.19. The Hall–Kier alpha value is -4.33. The van der Waals surface area contributed by atoms with Crippen molar-refractivity contribution in [3.8, 4) is 0 Å². The topological polar surface area (TPSA) is 72.9 Å². The van der Waals surface area contributed by atoms with Crippen LogP contribution in [0.3, 0.4) is 0 Å². The molecule has 0 heterocycles. The second-order valence-electron chi connectivity index (χ2n) is 14.5. The summed E-state index contributed by atoms with van der Waals surface area (Å²) in [6, 6.07) is 29.3. The first-order chi connectivity index (χ1) is 26.6. The highest BCUT2D eigenvalue weighted by atomic mass is 32.2. The Morgan fingerprint density at radius 1 is 0.709 bits per heavy atom. The van der Waals surface area contributed by atoms with Crippen molar-refractivity contribution in [3.05, 3.63) is 137 Å². The molecule has 6 nitrogen and oxygen atoms in total. The number of benzene rings is 4. The van der Waals surface area contributed by atoms with Crippen LogP contribution in [0.15, 0.2) is 114 Å². The zero-order chi connectivity index (χ0) is 39.8. The van der Waals surface area contributed by atoms with Gasteiger partial charge in [-0.1, -0.05) is 121 Å². The lowest BCUT2D eigenvalue weighted by molar-refractivity contribution is 0.492. The molecular formula is C48H65N3O3S. The lowest BCUT2D eigenvalue weighted by Crippen LogP contribution is -2.26. The van der Waals surface area contributed by atoms with Gasteiger partial charge in [0.25, 0.3) is 10.1 Å². The van der Waals surface area contributed by atoms with E-state index in [1.54, 1.807) is 13.0 Å². The third kappa shape index (κ3) is 11.8. The van der Waals surface area contributed by atoms with Crippen molar-refractivity contribution >= 4 is 38.0 Å². The number of aryl methyl sites for hydroxylation is 1. The monoisotopic (exact) mass is 763 g/mol. The highest BCUT2D eigenvalue weighted by Crippen LogP contribution is 2.41. The van der Waals surface area contributed by atoms with Crippen molar-refractivity contribution in [2.75, 3.05) is 41.3 Å². The van der Waals surface area contributed by atoms with E-state index in [2.05, 4.69) is 129 Å². The van der Waals surface area contributed by atoms with E-state index in [9.17, 15) is 13.0 Å². The fourth-order valence-corrected chi connectivity index (χ4v) is 7.87. The summed E-state index contributed by atoms with van der Waals surface area (Å²) in [6.45, 7) is 21.3. The molecule has 0 bridgehead atoms. The van der Waals surface area contributed by atoms with Gasteiger partial charge < -0.3 is 15.1 Å². The lowest BCUT2D eigenvalue weighted by atomic mass is 9.80. The molecule has 1 unspecified atom stereocenters. The molecule has 0 aliphatic carbocycles. The molecule has 1 atom stereocenters. The van der Waals surface area contributed by atoms with Gasteiger partial charge in [-0.05, 0) is 109 Å². The van der Waals surface area contributed by atoms with Gasteiger partial charge in [-0.15, -0.1) is 0 Å². The molecule has 0 aliphatic heterocycles. The van der Waals surface area contributed by atoms with E-state index in [-0.39, 0.29) is 10.8 Å². The maximum atomic E-state index is 11.7. The van der Waals surface area contributed by atoms with Crippen molar-refractivity contribution in [1.29, 1.82) is 0 Å². The maximum absolute atomic E-state index is 11.7. The second-order valence-corrected chi connectivity index (χ2v) is 16.0. The summed E-state index contributed by atoms with van der Waals surface area (Å²) in [5, 5.41) is 5.57. The van der Waals surface area contributed by atoms with Gasteiger partial charge in [-0.3, -0.25) is 4.55 Å². The number of hydrogen-bond acceptors (Lipinski definition) is 5. The van der Waals surface area contributed by atoms with Gasteiger partial charge in [0.2, 0.25) is 0 Å². The predicted molar refractivity (Wildman–Crippen MR) is 238 cm³/mol. The minimum Gasteiger partial charge on any atom is -0.372 e. The van der Waals surface area contributed by atoms with E-state index in [0.717, 1.165) is 49.1 Å². The van der Waals surface area contributed by atoms with E-state index >= 15 is 0 Å². The largest absolute Gasteiger partial charge is 0.372 e. The van der Waals surface area contributed by atoms with Crippen LogP contribution in [-0.2, 0) is 16.5 Å². The summed E-state index contributed by atoms with van der Waals surface area (Å²) >= 11 is 0. The van der Waals surface area contributed by atoms with E-state index < -0.39 is 10.1 Å². The Morgan fingerprint density at radius 2 is 1.24 bits per heavy atom. The van der Waals surface area contributed by atoms with Crippen LogP contribution in [0.2, 0.25) is 0 Å². The standard InChI is InChI=1S/C48H65N3O3S/c1-8-14-32-50(33-15-9-2)40-25-23-39(24-26-40)48(43-29-27-41(36-38(43)12-5)51(34-16-10-3)35-17-11-4)46-30-31-47(45-21-19-18-20-44(45)46)49-37(7)22-28-42(13-6)55(52,53)54/h13,18-31,36,48-49H,7-12,14-17,32-35H2,1-6H3,(H,52,53,54)/b28-22-,42-13+. The van der Waals surface area contributed by atoms with Crippen molar-refractivity contribution in [3.63, 3.8) is 0 Å². The third-order valence-corrected chi connectivity index (χ3v) is 11.5. The number of fused-ring (bicyclic) bond motifs is 1. The molecule has 0 amide bonds. The minimum atomic E-state index is -4.32. The molecule has 0 saturated carbocycles. The smallest absolute Gasteiger partial charge is 0.294 e. The molecule has 0 spiro atoms. The minimum absolute atomic E-state index is 0.00780. The van der Waals surface area contributed by atoms with Crippen LogP contribution in [0.5, 0.6) is 0 Å². The maximum Gasteiger partial charge on any atom is 0.294 e. The Labute approximate surface area is 332 Å². The molecule has 0 aliphatic rings. The van der Waals surface area contributed by atoms with Gasteiger partial charge in [0.1, 0.15) is 0 Å². The van der Waals surface area contributed by atoms with Crippen molar-refractivity contribution in [2.45, 2.75) is 105 Å². The number of hydrogen-bond donors (Lipinski definition) is 2. The van der Waals surface area contributed by atoms with Gasteiger partial charge >= 0.3 is 0 Å². The van der Waals surface area contributed by atoms with Gasteiger partial charge in [0, 0.05) is 60.2 Å². The van der Waals surface area contributed by atoms with Crippen molar-refractivity contribution in [2.24, 2.45) is 0 Å². The van der Waals surface area contributed by atoms with Crippen LogP contribution >= 0.6 is 0 Å². The molecule has 4 aromatic carbocycles. The number of nitrogens with zero attached hydrogens (tertiary/aromatic N) is 2. The summed E-state index contributed by atoms with van der Waals surface area (Å²) in [5.74, 6) is -0.00780. The number of allylic oxidation sites excluding steroid dienone is 3. The molecule has 4 rings (SSSR count). The first kappa shape index (κ1) is 43.4.